The lowest BCUT2D eigenvalue weighted by atomic mass is 10.1. The first-order valence-electron chi connectivity index (χ1n) is 6.88. The molecule has 0 unspecified atom stereocenters. The van der Waals surface area contributed by atoms with Gasteiger partial charge in [0.1, 0.15) is 5.56 Å². The number of methoxy groups -OCH3 is 1. The topological polar surface area (TPSA) is 51.2 Å². The second-order valence-electron chi connectivity index (χ2n) is 5.00. The van der Waals surface area contributed by atoms with Crippen LogP contribution in [0.2, 0.25) is 5.02 Å². The summed E-state index contributed by atoms with van der Waals surface area (Å²) in [5, 5.41) is 2.03. The highest BCUT2D eigenvalue weighted by atomic mass is 35.6. The molecule has 27 heavy (non-hydrogen) atoms. The van der Waals surface area contributed by atoms with Crippen molar-refractivity contribution in [1.29, 1.82) is 0 Å². The maximum atomic E-state index is 13.9. The standard InChI is InChI=1S/C15H8Cl4F4N2O2/c1-27-13-11(22)9(20)8(10(21)12(13)23)14(26)25-4-7-6(16)2-5(3-24-7)15(17,18)19/h2-3H,4H2,1H3,(H,25,26). The Bertz CT molecular complexity index is 877. The average molecular weight is 466 g/mol. The normalized spacial score (nSPS) is 11.4. The van der Waals surface area contributed by atoms with Crippen LogP contribution in [0.15, 0.2) is 12.3 Å². The van der Waals surface area contributed by atoms with Crippen molar-refractivity contribution in [2.75, 3.05) is 7.11 Å². The van der Waals surface area contributed by atoms with E-state index in [4.69, 9.17) is 46.4 Å². The van der Waals surface area contributed by atoms with E-state index >= 15 is 0 Å². The van der Waals surface area contributed by atoms with Crippen LogP contribution in [0.3, 0.4) is 0 Å². The average Bonchev–Trinajstić information content (AvgIpc) is 2.59. The number of carbonyl (C=O) groups is 1. The van der Waals surface area contributed by atoms with Gasteiger partial charge in [-0.3, -0.25) is 9.78 Å². The van der Waals surface area contributed by atoms with Gasteiger partial charge in [-0.25, -0.2) is 8.78 Å². The fourth-order valence-electron chi connectivity index (χ4n) is 1.99. The summed E-state index contributed by atoms with van der Waals surface area (Å²) in [6.45, 7) is -0.425. The largest absolute Gasteiger partial charge is 0.491 e. The molecule has 0 saturated heterocycles. The molecule has 0 atom stereocenters. The van der Waals surface area contributed by atoms with Gasteiger partial charge < -0.3 is 10.1 Å². The zero-order valence-electron chi connectivity index (χ0n) is 13.1. The first-order valence-corrected chi connectivity index (χ1v) is 8.40. The Morgan fingerprint density at radius 2 is 1.70 bits per heavy atom. The Kier molecular flexibility index (Phi) is 6.68. The molecule has 0 aliphatic heterocycles. The van der Waals surface area contributed by atoms with Gasteiger partial charge in [-0.2, -0.15) is 8.78 Å². The first-order chi connectivity index (χ1) is 12.5. The maximum Gasteiger partial charge on any atom is 0.257 e. The Morgan fingerprint density at radius 1 is 1.15 bits per heavy atom. The van der Waals surface area contributed by atoms with Gasteiger partial charge in [0.05, 0.1) is 24.4 Å². The van der Waals surface area contributed by atoms with Crippen LogP contribution in [-0.2, 0) is 10.3 Å². The fraction of sp³-hybridized carbons (Fsp3) is 0.200. The van der Waals surface area contributed by atoms with Crippen molar-refractivity contribution in [3.63, 3.8) is 0 Å². The van der Waals surface area contributed by atoms with E-state index in [2.05, 4.69) is 9.72 Å². The number of benzene rings is 1. The molecule has 1 aromatic heterocycles. The number of pyridine rings is 1. The molecule has 146 valence electrons. The first kappa shape index (κ1) is 21.8. The zero-order chi connectivity index (χ0) is 20.5. The highest BCUT2D eigenvalue weighted by molar-refractivity contribution is 6.66. The summed E-state index contributed by atoms with van der Waals surface area (Å²) in [4.78, 5) is 15.9. The number of amides is 1. The van der Waals surface area contributed by atoms with Gasteiger partial charge in [0.25, 0.3) is 5.91 Å². The highest BCUT2D eigenvalue weighted by Gasteiger charge is 2.30. The van der Waals surface area contributed by atoms with E-state index in [1.807, 2.05) is 5.32 Å². The Balaban J connectivity index is 2.27. The number of nitrogens with zero attached hydrogens (tertiary/aromatic N) is 1. The van der Waals surface area contributed by atoms with Gasteiger partial charge in [-0.1, -0.05) is 46.4 Å². The molecular weight excluding hydrogens is 458 g/mol. The molecule has 2 rings (SSSR count). The minimum absolute atomic E-state index is 0.0211. The summed E-state index contributed by atoms with van der Waals surface area (Å²) in [6, 6.07) is 1.26. The molecule has 0 aliphatic carbocycles. The second-order valence-corrected chi connectivity index (χ2v) is 7.69. The van der Waals surface area contributed by atoms with Crippen LogP contribution in [0.25, 0.3) is 0 Å². The minimum Gasteiger partial charge on any atom is -0.491 e. The summed E-state index contributed by atoms with van der Waals surface area (Å²) in [5.41, 5.74) is -1.26. The molecule has 1 aromatic carbocycles. The summed E-state index contributed by atoms with van der Waals surface area (Å²) in [6.07, 6.45) is 1.16. The number of hydrogen-bond donors (Lipinski definition) is 1. The van der Waals surface area contributed by atoms with Crippen molar-refractivity contribution in [1.82, 2.24) is 10.3 Å². The smallest absolute Gasteiger partial charge is 0.257 e. The Labute approximate surface area is 170 Å². The van der Waals surface area contributed by atoms with Crippen molar-refractivity contribution in [3.05, 3.63) is 57.4 Å². The van der Waals surface area contributed by atoms with Crippen LogP contribution in [0.4, 0.5) is 17.6 Å². The van der Waals surface area contributed by atoms with Gasteiger partial charge >= 0.3 is 0 Å². The third kappa shape index (κ3) is 4.51. The molecule has 1 N–H and O–H groups in total. The number of rotatable bonds is 4. The van der Waals surface area contributed by atoms with Crippen molar-refractivity contribution in [2.45, 2.75) is 10.3 Å². The van der Waals surface area contributed by atoms with Gasteiger partial charge in [0.2, 0.25) is 15.4 Å². The molecule has 0 spiro atoms. The summed E-state index contributed by atoms with van der Waals surface area (Å²) < 4.78 is 57.7. The van der Waals surface area contributed by atoms with Crippen molar-refractivity contribution in [2.24, 2.45) is 0 Å². The summed E-state index contributed by atoms with van der Waals surface area (Å²) in [5.74, 6) is -10.2. The van der Waals surface area contributed by atoms with E-state index < -0.39 is 50.8 Å². The summed E-state index contributed by atoms with van der Waals surface area (Å²) >= 11 is 23.0. The number of ether oxygens (including phenoxy) is 1. The van der Waals surface area contributed by atoms with Crippen LogP contribution < -0.4 is 10.1 Å². The highest BCUT2D eigenvalue weighted by Crippen LogP contribution is 2.39. The number of nitrogens with one attached hydrogen (secondary N) is 1. The van der Waals surface area contributed by atoms with E-state index in [1.165, 1.54) is 6.07 Å². The lowest BCUT2D eigenvalue weighted by molar-refractivity contribution is 0.0939. The predicted molar refractivity (Wildman–Crippen MR) is 92.5 cm³/mol. The fourth-order valence-corrected chi connectivity index (χ4v) is 2.54. The molecular formula is C15H8Cl4F4N2O2. The molecule has 1 amide bonds. The van der Waals surface area contributed by atoms with Crippen LogP contribution >= 0.6 is 46.4 Å². The summed E-state index contributed by atoms with van der Waals surface area (Å²) in [7, 11) is 0.814. The molecule has 0 bridgehead atoms. The van der Waals surface area contributed by atoms with E-state index in [0.29, 0.717) is 0 Å². The maximum absolute atomic E-state index is 13.9. The third-order valence-corrected chi connectivity index (χ3v) is 4.30. The molecule has 0 fully saturated rings. The molecule has 1 heterocycles. The molecule has 0 aliphatic rings. The van der Waals surface area contributed by atoms with Crippen molar-refractivity contribution < 1.29 is 27.1 Å². The number of alkyl halides is 3. The second kappa shape index (κ2) is 8.26. The number of halogens is 8. The lowest BCUT2D eigenvalue weighted by Gasteiger charge is -2.14. The molecule has 12 heteroatoms. The molecule has 0 radical (unpaired) electrons. The molecule has 4 nitrogen and oxygen atoms in total. The van der Waals surface area contributed by atoms with Crippen LogP contribution in [-0.4, -0.2) is 18.0 Å². The minimum atomic E-state index is -1.91. The van der Waals surface area contributed by atoms with Gasteiger partial charge in [-0.15, -0.1) is 0 Å². The third-order valence-electron chi connectivity index (χ3n) is 3.32. The van der Waals surface area contributed by atoms with Crippen LogP contribution in [0.5, 0.6) is 5.75 Å². The monoisotopic (exact) mass is 464 g/mol. The number of carbonyl (C=O) groups excluding carboxylic acids is 1. The van der Waals surface area contributed by atoms with E-state index in [0.717, 1.165) is 13.3 Å². The van der Waals surface area contributed by atoms with E-state index in [1.54, 1.807) is 0 Å². The molecule has 2 aromatic rings. The zero-order valence-corrected chi connectivity index (χ0v) is 16.2. The SMILES string of the molecule is COc1c(F)c(F)c(C(=O)NCc2ncc(C(Cl)(Cl)Cl)cc2Cl)c(F)c1F. The van der Waals surface area contributed by atoms with Crippen LogP contribution in [0.1, 0.15) is 21.6 Å². The van der Waals surface area contributed by atoms with Gasteiger partial charge in [0, 0.05) is 11.8 Å². The van der Waals surface area contributed by atoms with Gasteiger partial charge in [-0.05, 0) is 6.07 Å². The van der Waals surface area contributed by atoms with Crippen molar-refractivity contribution in [3.8, 4) is 5.75 Å². The Hall–Kier alpha value is -1.48. The van der Waals surface area contributed by atoms with E-state index in [-0.39, 0.29) is 16.3 Å². The van der Waals surface area contributed by atoms with Gasteiger partial charge in [0.15, 0.2) is 17.4 Å². The number of hydrogen-bond acceptors (Lipinski definition) is 3. The molecule has 0 saturated carbocycles. The van der Waals surface area contributed by atoms with E-state index in [9.17, 15) is 22.4 Å². The quantitative estimate of drug-likeness (QED) is 0.390. The number of aromatic nitrogens is 1. The lowest BCUT2D eigenvalue weighted by Crippen LogP contribution is -2.27. The van der Waals surface area contributed by atoms with Crippen molar-refractivity contribution >= 4 is 52.3 Å². The Morgan fingerprint density at radius 3 is 2.15 bits per heavy atom. The van der Waals surface area contributed by atoms with Crippen LogP contribution in [0, 0.1) is 23.3 Å². The predicted octanol–water partition coefficient (Wildman–Crippen LogP) is 5.06.